The van der Waals surface area contributed by atoms with E-state index in [1.807, 2.05) is 12.1 Å². The molecule has 0 N–H and O–H groups in total. The molecule has 148 valence electrons. The van der Waals surface area contributed by atoms with Crippen LogP contribution in [-0.4, -0.2) is 36.2 Å². The van der Waals surface area contributed by atoms with Crippen molar-refractivity contribution in [1.82, 2.24) is 9.80 Å². The monoisotopic (exact) mass is 382 g/mol. The van der Waals surface area contributed by atoms with Gasteiger partial charge in [-0.05, 0) is 74.1 Å². The molecule has 1 saturated heterocycles. The van der Waals surface area contributed by atoms with Crippen LogP contribution in [0.3, 0.4) is 0 Å². The Morgan fingerprint density at radius 1 is 0.929 bits per heavy atom. The standard InChI is InChI=1S/C23H27FN2O2/c24-21-4-2-1-3-18(21)13-25-8-5-17(6-9-25)7-10-26-14-19-11-22-23(28-16-27-22)12-20(19)15-26/h1-4,11-12,17H,5-10,13-16H2. The second-order valence-electron chi connectivity index (χ2n) is 8.28. The summed E-state index contributed by atoms with van der Waals surface area (Å²) >= 11 is 0. The second kappa shape index (κ2) is 7.72. The molecule has 2 aromatic carbocycles. The lowest BCUT2D eigenvalue weighted by Crippen LogP contribution is -2.34. The van der Waals surface area contributed by atoms with Gasteiger partial charge in [0.1, 0.15) is 5.82 Å². The fraction of sp³-hybridized carbons (Fsp3) is 0.478. The first-order valence-electron chi connectivity index (χ1n) is 10.3. The van der Waals surface area contributed by atoms with Gasteiger partial charge in [-0.1, -0.05) is 18.2 Å². The highest BCUT2D eigenvalue weighted by molar-refractivity contribution is 5.49. The van der Waals surface area contributed by atoms with Crippen LogP contribution in [0.2, 0.25) is 0 Å². The fourth-order valence-electron chi connectivity index (χ4n) is 4.68. The number of rotatable bonds is 5. The molecule has 0 amide bonds. The summed E-state index contributed by atoms with van der Waals surface area (Å²) in [5.41, 5.74) is 3.57. The predicted molar refractivity (Wildman–Crippen MR) is 106 cm³/mol. The van der Waals surface area contributed by atoms with Gasteiger partial charge in [0.2, 0.25) is 6.79 Å². The van der Waals surface area contributed by atoms with Crippen LogP contribution in [-0.2, 0) is 19.6 Å². The van der Waals surface area contributed by atoms with Gasteiger partial charge in [-0.2, -0.15) is 0 Å². The van der Waals surface area contributed by atoms with Gasteiger partial charge in [0.05, 0.1) is 0 Å². The van der Waals surface area contributed by atoms with Crippen molar-refractivity contribution in [2.75, 3.05) is 26.4 Å². The van der Waals surface area contributed by atoms with E-state index in [1.165, 1.54) is 30.4 Å². The minimum Gasteiger partial charge on any atom is -0.454 e. The van der Waals surface area contributed by atoms with Crippen molar-refractivity contribution in [1.29, 1.82) is 0 Å². The largest absolute Gasteiger partial charge is 0.454 e. The van der Waals surface area contributed by atoms with E-state index in [4.69, 9.17) is 9.47 Å². The fourth-order valence-corrected chi connectivity index (χ4v) is 4.68. The number of likely N-dealkylation sites (tertiary alicyclic amines) is 1. The molecule has 0 spiro atoms. The summed E-state index contributed by atoms with van der Waals surface area (Å²) in [7, 11) is 0. The van der Waals surface area contributed by atoms with Gasteiger partial charge in [0, 0.05) is 25.2 Å². The zero-order valence-corrected chi connectivity index (χ0v) is 16.2. The third-order valence-electron chi connectivity index (χ3n) is 6.40. The smallest absolute Gasteiger partial charge is 0.231 e. The van der Waals surface area contributed by atoms with Crippen LogP contribution in [0.15, 0.2) is 36.4 Å². The Morgan fingerprint density at radius 2 is 1.61 bits per heavy atom. The number of ether oxygens (including phenoxy) is 2. The molecular formula is C23H27FN2O2. The van der Waals surface area contributed by atoms with Crippen LogP contribution in [0.4, 0.5) is 4.39 Å². The van der Waals surface area contributed by atoms with Crippen molar-refractivity contribution < 1.29 is 13.9 Å². The van der Waals surface area contributed by atoms with Gasteiger partial charge >= 0.3 is 0 Å². The van der Waals surface area contributed by atoms with Crippen LogP contribution in [0.5, 0.6) is 11.5 Å². The van der Waals surface area contributed by atoms with Crippen LogP contribution >= 0.6 is 0 Å². The molecule has 0 saturated carbocycles. The second-order valence-corrected chi connectivity index (χ2v) is 8.28. The van der Waals surface area contributed by atoms with Crippen LogP contribution in [0.25, 0.3) is 0 Å². The number of fused-ring (bicyclic) bond motifs is 2. The summed E-state index contributed by atoms with van der Waals surface area (Å²) in [5.74, 6) is 2.47. The number of nitrogens with zero attached hydrogens (tertiary/aromatic N) is 2. The lowest BCUT2D eigenvalue weighted by molar-refractivity contribution is 0.156. The third-order valence-corrected chi connectivity index (χ3v) is 6.40. The molecule has 0 bridgehead atoms. The maximum Gasteiger partial charge on any atom is 0.231 e. The summed E-state index contributed by atoms with van der Waals surface area (Å²) in [6, 6.07) is 11.4. The highest BCUT2D eigenvalue weighted by Crippen LogP contribution is 2.38. The van der Waals surface area contributed by atoms with Gasteiger partial charge in [0.15, 0.2) is 11.5 Å². The van der Waals surface area contributed by atoms with E-state index in [1.54, 1.807) is 12.1 Å². The first-order chi connectivity index (χ1) is 13.7. The predicted octanol–water partition coefficient (Wildman–Crippen LogP) is 4.17. The Bertz CT molecular complexity index is 815. The van der Waals surface area contributed by atoms with Gasteiger partial charge in [-0.15, -0.1) is 0 Å². The summed E-state index contributed by atoms with van der Waals surface area (Å²) in [6.07, 6.45) is 3.67. The van der Waals surface area contributed by atoms with E-state index >= 15 is 0 Å². The Kier molecular flexibility index (Phi) is 4.95. The average molecular weight is 382 g/mol. The lowest BCUT2D eigenvalue weighted by Gasteiger charge is -2.32. The number of piperidine rings is 1. The van der Waals surface area contributed by atoms with E-state index in [2.05, 4.69) is 21.9 Å². The molecule has 3 heterocycles. The quantitative estimate of drug-likeness (QED) is 0.775. The summed E-state index contributed by atoms with van der Waals surface area (Å²) in [5, 5.41) is 0. The van der Waals surface area contributed by atoms with Crippen molar-refractivity contribution in [2.45, 2.75) is 38.9 Å². The van der Waals surface area contributed by atoms with E-state index in [0.717, 1.165) is 62.2 Å². The molecule has 4 nitrogen and oxygen atoms in total. The average Bonchev–Trinajstić information content (AvgIpc) is 3.32. The molecule has 0 atom stereocenters. The van der Waals surface area contributed by atoms with Crippen molar-refractivity contribution in [3.05, 3.63) is 58.9 Å². The molecule has 0 aliphatic carbocycles. The SMILES string of the molecule is Fc1ccccc1CN1CCC(CCN2Cc3cc4c(cc3C2)OCO4)CC1. The van der Waals surface area contributed by atoms with Crippen LogP contribution in [0, 0.1) is 11.7 Å². The maximum absolute atomic E-state index is 13.9. The zero-order chi connectivity index (χ0) is 18.9. The first kappa shape index (κ1) is 18.0. The number of halogens is 1. The Labute approximate surface area is 165 Å². The molecule has 3 aliphatic heterocycles. The normalized spacial score (nSPS) is 19.9. The van der Waals surface area contributed by atoms with Crippen molar-refractivity contribution in [3.63, 3.8) is 0 Å². The Balaban J connectivity index is 1.08. The van der Waals surface area contributed by atoms with Crippen LogP contribution in [0.1, 0.15) is 36.0 Å². The topological polar surface area (TPSA) is 24.9 Å². The molecule has 2 aromatic rings. The highest BCUT2D eigenvalue weighted by Gasteiger charge is 2.26. The molecule has 5 rings (SSSR count). The van der Waals surface area contributed by atoms with E-state index < -0.39 is 0 Å². The first-order valence-corrected chi connectivity index (χ1v) is 10.3. The van der Waals surface area contributed by atoms with E-state index in [-0.39, 0.29) is 5.82 Å². The van der Waals surface area contributed by atoms with E-state index in [9.17, 15) is 4.39 Å². The number of hydrogen-bond donors (Lipinski definition) is 0. The summed E-state index contributed by atoms with van der Waals surface area (Å²) < 4.78 is 24.9. The van der Waals surface area contributed by atoms with Gasteiger partial charge in [-0.3, -0.25) is 9.80 Å². The zero-order valence-electron chi connectivity index (χ0n) is 16.2. The van der Waals surface area contributed by atoms with Crippen molar-refractivity contribution >= 4 is 0 Å². The van der Waals surface area contributed by atoms with Gasteiger partial charge < -0.3 is 9.47 Å². The molecule has 1 fully saturated rings. The van der Waals surface area contributed by atoms with Crippen molar-refractivity contribution in [2.24, 2.45) is 5.92 Å². The maximum atomic E-state index is 13.9. The van der Waals surface area contributed by atoms with E-state index in [0.29, 0.717) is 6.79 Å². The summed E-state index contributed by atoms with van der Waals surface area (Å²) in [6.45, 7) is 6.38. The minimum atomic E-state index is -0.0833. The molecule has 28 heavy (non-hydrogen) atoms. The molecular weight excluding hydrogens is 355 g/mol. The molecule has 5 heteroatoms. The minimum absolute atomic E-state index is 0.0833. The van der Waals surface area contributed by atoms with Crippen molar-refractivity contribution in [3.8, 4) is 11.5 Å². The highest BCUT2D eigenvalue weighted by atomic mass is 19.1. The molecule has 3 aliphatic rings. The summed E-state index contributed by atoms with van der Waals surface area (Å²) in [4.78, 5) is 4.92. The lowest BCUT2D eigenvalue weighted by atomic mass is 9.93. The number of hydrogen-bond acceptors (Lipinski definition) is 4. The number of benzene rings is 2. The molecule has 0 aromatic heterocycles. The van der Waals surface area contributed by atoms with Gasteiger partial charge in [-0.25, -0.2) is 4.39 Å². The van der Waals surface area contributed by atoms with Gasteiger partial charge in [0.25, 0.3) is 0 Å². The molecule has 0 radical (unpaired) electrons. The Hall–Kier alpha value is -2.11. The van der Waals surface area contributed by atoms with Crippen LogP contribution < -0.4 is 9.47 Å². The Morgan fingerprint density at radius 3 is 2.29 bits per heavy atom. The third kappa shape index (κ3) is 3.74. The molecule has 0 unspecified atom stereocenters.